The number of benzene rings is 2. The lowest BCUT2D eigenvalue weighted by Crippen LogP contribution is -2.52. The fraction of sp³-hybridized carbons (Fsp3) is 0.515. The molecule has 4 rings (SSSR count). The van der Waals surface area contributed by atoms with Gasteiger partial charge in [0.2, 0.25) is 0 Å². The summed E-state index contributed by atoms with van der Waals surface area (Å²) in [5.41, 5.74) is -0.467. The zero-order chi connectivity index (χ0) is 32.3. The van der Waals surface area contributed by atoms with Crippen molar-refractivity contribution in [2.45, 2.75) is 97.1 Å². The second-order valence-electron chi connectivity index (χ2n) is 13.4. The van der Waals surface area contributed by atoms with Gasteiger partial charge >= 0.3 is 19.2 Å². The maximum absolute atomic E-state index is 13.6. The fourth-order valence-corrected chi connectivity index (χ4v) is 5.26. The van der Waals surface area contributed by atoms with Gasteiger partial charge in [-0.25, -0.2) is 9.59 Å². The van der Waals surface area contributed by atoms with Crippen LogP contribution in [0.25, 0.3) is 0 Å². The molecule has 0 radical (unpaired) electrons. The lowest BCUT2D eigenvalue weighted by atomic mass is 9.80. The molecule has 44 heavy (non-hydrogen) atoms. The van der Waals surface area contributed by atoms with E-state index in [9.17, 15) is 19.2 Å². The Kier molecular flexibility index (Phi) is 9.90. The number of carbonyl (C=O) groups is 4. The molecular formula is C33H43BN2O8. The first-order valence-electron chi connectivity index (χ1n) is 15.1. The quantitative estimate of drug-likeness (QED) is 0.205. The zero-order valence-corrected chi connectivity index (χ0v) is 26.7. The number of rotatable bonds is 11. The third kappa shape index (κ3) is 7.87. The first-order chi connectivity index (χ1) is 20.6. The molecule has 0 aliphatic carbocycles. The molecule has 236 valence electrons. The standard InChI is InChI=1S/C33H43BN2O8/c1-31(2,3)42-29(39)26(35-30(40)41-21-22-14-9-8-10-15-22)23(16-13-19-34-43-32(4,5)33(6,7)44-34)20-36-27(37)24-17-11-12-18-25(24)28(36)38/h8-12,14-15,17-18,23,26H,13,16,19-21H2,1-7H3,(H,35,40)/t23-,26-/m0/s1. The van der Waals surface area contributed by atoms with Crippen molar-refractivity contribution in [1.82, 2.24) is 10.2 Å². The molecule has 0 bridgehead atoms. The Morgan fingerprint density at radius 2 is 1.45 bits per heavy atom. The first-order valence-corrected chi connectivity index (χ1v) is 15.1. The molecule has 2 aliphatic rings. The maximum atomic E-state index is 13.6. The van der Waals surface area contributed by atoms with Crippen LogP contribution in [0.4, 0.5) is 4.79 Å². The highest BCUT2D eigenvalue weighted by molar-refractivity contribution is 6.45. The molecule has 1 fully saturated rings. The van der Waals surface area contributed by atoms with Crippen LogP contribution in [0.3, 0.4) is 0 Å². The number of amides is 3. The average molecular weight is 607 g/mol. The Balaban J connectivity index is 1.56. The number of imide groups is 1. The van der Waals surface area contributed by atoms with Crippen molar-refractivity contribution in [3.05, 3.63) is 71.3 Å². The lowest BCUT2D eigenvalue weighted by Gasteiger charge is -2.32. The SMILES string of the molecule is CC(C)(C)OC(=O)[C@@H](NC(=O)OCc1ccccc1)[C@@H](CCCB1OC(C)(C)C(C)(C)O1)CN1C(=O)c2ccccc2C1=O. The molecule has 3 amide bonds. The normalized spacial score (nSPS) is 18.5. The highest BCUT2D eigenvalue weighted by Gasteiger charge is 2.50. The van der Waals surface area contributed by atoms with Crippen molar-refractivity contribution in [2.75, 3.05) is 6.54 Å². The molecule has 2 heterocycles. The van der Waals surface area contributed by atoms with Crippen molar-refractivity contribution in [2.24, 2.45) is 5.92 Å². The van der Waals surface area contributed by atoms with Crippen LogP contribution in [0.5, 0.6) is 0 Å². The van der Waals surface area contributed by atoms with Crippen molar-refractivity contribution >= 4 is 31.0 Å². The van der Waals surface area contributed by atoms with E-state index >= 15 is 0 Å². The monoisotopic (exact) mass is 606 g/mol. The van der Waals surface area contributed by atoms with E-state index in [4.69, 9.17) is 18.8 Å². The van der Waals surface area contributed by atoms with E-state index in [2.05, 4.69) is 5.32 Å². The summed E-state index contributed by atoms with van der Waals surface area (Å²) in [4.78, 5) is 54.4. The van der Waals surface area contributed by atoms with Gasteiger partial charge in [0.05, 0.1) is 22.3 Å². The smallest absolute Gasteiger partial charge is 0.457 e. The van der Waals surface area contributed by atoms with Crippen LogP contribution in [0, 0.1) is 5.92 Å². The van der Waals surface area contributed by atoms with Crippen molar-refractivity contribution in [1.29, 1.82) is 0 Å². The highest BCUT2D eigenvalue weighted by atomic mass is 16.7. The Morgan fingerprint density at radius 1 is 0.909 bits per heavy atom. The topological polar surface area (TPSA) is 120 Å². The minimum Gasteiger partial charge on any atom is -0.458 e. The number of ether oxygens (including phenoxy) is 2. The fourth-order valence-electron chi connectivity index (χ4n) is 5.26. The van der Waals surface area contributed by atoms with Crippen LogP contribution in [-0.2, 0) is 30.2 Å². The van der Waals surface area contributed by atoms with Gasteiger partial charge < -0.3 is 24.1 Å². The third-order valence-electron chi connectivity index (χ3n) is 8.23. The van der Waals surface area contributed by atoms with Gasteiger partial charge in [-0.3, -0.25) is 14.5 Å². The molecule has 2 atom stereocenters. The van der Waals surface area contributed by atoms with E-state index in [1.165, 1.54) is 0 Å². The molecule has 0 spiro atoms. The van der Waals surface area contributed by atoms with Crippen LogP contribution >= 0.6 is 0 Å². The zero-order valence-electron chi connectivity index (χ0n) is 26.7. The van der Waals surface area contributed by atoms with E-state index in [1.807, 2.05) is 58.0 Å². The van der Waals surface area contributed by atoms with Crippen molar-refractivity contribution in [3.63, 3.8) is 0 Å². The number of nitrogens with one attached hydrogen (secondary N) is 1. The molecule has 0 saturated carbocycles. The summed E-state index contributed by atoms with van der Waals surface area (Å²) in [6.45, 7) is 13.0. The number of nitrogens with zero attached hydrogens (tertiary/aromatic N) is 1. The summed E-state index contributed by atoms with van der Waals surface area (Å²) in [5.74, 6) is -2.28. The molecule has 11 heteroatoms. The van der Waals surface area contributed by atoms with E-state index in [0.717, 1.165) is 10.5 Å². The number of hydrogen-bond donors (Lipinski definition) is 1. The van der Waals surface area contributed by atoms with Gasteiger partial charge in [-0.05, 0) is 78.9 Å². The molecule has 2 aromatic rings. The molecular weight excluding hydrogens is 563 g/mol. The van der Waals surface area contributed by atoms with Crippen molar-refractivity contribution < 1.29 is 38.0 Å². The summed E-state index contributed by atoms with van der Waals surface area (Å²) in [6.07, 6.45) is 0.554. The molecule has 1 N–H and O–H groups in total. The Hall–Kier alpha value is -3.70. The number of fused-ring (bicyclic) bond motifs is 1. The summed E-state index contributed by atoms with van der Waals surface area (Å²) in [6, 6.07) is 14.6. The van der Waals surface area contributed by atoms with Gasteiger partial charge in [0.1, 0.15) is 18.2 Å². The minimum absolute atomic E-state index is 0.00128. The molecule has 2 aliphatic heterocycles. The van der Waals surface area contributed by atoms with Gasteiger partial charge in [0, 0.05) is 12.5 Å². The number of hydrogen-bond acceptors (Lipinski definition) is 8. The predicted octanol–water partition coefficient (Wildman–Crippen LogP) is 5.41. The van der Waals surface area contributed by atoms with E-state index in [-0.39, 0.29) is 13.2 Å². The van der Waals surface area contributed by atoms with E-state index in [1.54, 1.807) is 45.0 Å². The van der Waals surface area contributed by atoms with Crippen LogP contribution in [0.15, 0.2) is 54.6 Å². The molecule has 2 aromatic carbocycles. The average Bonchev–Trinajstić information content (AvgIpc) is 3.31. The van der Waals surface area contributed by atoms with Crippen LogP contribution in [0.1, 0.15) is 87.6 Å². The van der Waals surface area contributed by atoms with Gasteiger partial charge in [-0.1, -0.05) is 48.9 Å². The van der Waals surface area contributed by atoms with Gasteiger partial charge in [0.15, 0.2) is 0 Å². The second-order valence-corrected chi connectivity index (χ2v) is 13.4. The Morgan fingerprint density at radius 3 is 2.00 bits per heavy atom. The molecule has 0 unspecified atom stereocenters. The van der Waals surface area contributed by atoms with Crippen LogP contribution in [0.2, 0.25) is 6.32 Å². The van der Waals surface area contributed by atoms with E-state index < -0.39 is 59.8 Å². The van der Waals surface area contributed by atoms with Gasteiger partial charge in [0.25, 0.3) is 11.8 Å². The van der Waals surface area contributed by atoms with Crippen molar-refractivity contribution in [3.8, 4) is 0 Å². The Bertz CT molecular complexity index is 1320. The molecule has 1 saturated heterocycles. The predicted molar refractivity (Wildman–Crippen MR) is 165 cm³/mol. The second kappa shape index (κ2) is 13.1. The number of esters is 1. The molecule has 10 nitrogen and oxygen atoms in total. The summed E-state index contributed by atoms with van der Waals surface area (Å²) in [7, 11) is -0.469. The summed E-state index contributed by atoms with van der Waals surface area (Å²) >= 11 is 0. The van der Waals surface area contributed by atoms with Crippen LogP contribution in [-0.4, -0.2) is 65.3 Å². The third-order valence-corrected chi connectivity index (χ3v) is 8.23. The molecule has 0 aromatic heterocycles. The van der Waals surface area contributed by atoms with Gasteiger partial charge in [-0.15, -0.1) is 0 Å². The number of carbonyl (C=O) groups excluding carboxylic acids is 4. The summed E-state index contributed by atoms with van der Waals surface area (Å²) < 4.78 is 23.4. The number of alkyl carbamates (subject to hydrolysis) is 1. The largest absolute Gasteiger partial charge is 0.458 e. The van der Waals surface area contributed by atoms with Crippen LogP contribution < -0.4 is 5.32 Å². The highest BCUT2D eigenvalue weighted by Crippen LogP contribution is 2.38. The first kappa shape index (κ1) is 33.2. The Labute approximate surface area is 259 Å². The minimum atomic E-state index is -1.21. The summed E-state index contributed by atoms with van der Waals surface area (Å²) in [5, 5.41) is 2.69. The van der Waals surface area contributed by atoms with E-state index in [0.29, 0.717) is 30.3 Å². The van der Waals surface area contributed by atoms with Gasteiger partial charge in [-0.2, -0.15) is 0 Å². The maximum Gasteiger partial charge on any atom is 0.457 e. The lowest BCUT2D eigenvalue weighted by molar-refractivity contribution is -0.159.